The molecule has 4 N–H and O–H groups in total. The summed E-state index contributed by atoms with van der Waals surface area (Å²) in [5.74, 6) is 4.98. The molecule has 1 aliphatic rings. The first-order valence-corrected chi connectivity index (χ1v) is 7.74. The third-order valence-electron chi connectivity index (χ3n) is 3.39. The number of hydrogen-bond acceptors (Lipinski definition) is 5. The van der Waals surface area contributed by atoms with Gasteiger partial charge in [-0.25, -0.2) is 15.2 Å². The zero-order valence-corrected chi connectivity index (χ0v) is 12.2. The summed E-state index contributed by atoms with van der Waals surface area (Å²) in [7, 11) is 0. The van der Waals surface area contributed by atoms with Crippen molar-refractivity contribution >= 4 is 23.5 Å². The van der Waals surface area contributed by atoms with Crippen molar-refractivity contribution in [3.63, 3.8) is 0 Å². The molecule has 2 unspecified atom stereocenters. The Hall–Kier alpha value is -1.34. The lowest BCUT2D eigenvalue weighted by Crippen LogP contribution is -2.34. The first-order chi connectivity index (χ1) is 9.65. The third-order valence-corrected chi connectivity index (χ3v) is 4.63. The van der Waals surface area contributed by atoms with E-state index in [9.17, 15) is 9.18 Å². The van der Waals surface area contributed by atoms with Gasteiger partial charge in [-0.2, -0.15) is 11.8 Å². The summed E-state index contributed by atoms with van der Waals surface area (Å²) < 4.78 is 13.9. The molecule has 0 spiro atoms. The van der Waals surface area contributed by atoms with Crippen LogP contribution in [0.1, 0.15) is 36.5 Å². The molecule has 0 aromatic carbocycles. The predicted molar refractivity (Wildman–Crippen MR) is 79.0 cm³/mol. The molecule has 5 nitrogen and oxygen atoms in total. The predicted octanol–water partition coefficient (Wildman–Crippen LogP) is 1.91. The Kier molecular flexibility index (Phi) is 5.19. The van der Waals surface area contributed by atoms with Gasteiger partial charge in [-0.05, 0) is 31.1 Å². The Bertz CT molecular complexity index is 485. The number of nitrogens with zero attached hydrogens (tertiary/aromatic N) is 1. The van der Waals surface area contributed by atoms with Crippen LogP contribution in [0.2, 0.25) is 0 Å². The Morgan fingerprint density at radius 3 is 3.10 bits per heavy atom. The third kappa shape index (κ3) is 3.40. The zero-order chi connectivity index (χ0) is 14.5. The normalized spacial score (nSPS) is 21.8. The number of anilines is 1. The maximum absolute atomic E-state index is 13.9. The second-order valence-corrected chi connectivity index (χ2v) is 6.30. The van der Waals surface area contributed by atoms with Gasteiger partial charge in [0.2, 0.25) is 0 Å². The summed E-state index contributed by atoms with van der Waals surface area (Å²) in [6, 6.07) is 1.48. The molecule has 0 bridgehead atoms. The van der Waals surface area contributed by atoms with E-state index in [1.165, 1.54) is 12.3 Å². The molecule has 1 amide bonds. The van der Waals surface area contributed by atoms with Gasteiger partial charge in [0.15, 0.2) is 11.6 Å². The Morgan fingerprint density at radius 1 is 1.60 bits per heavy atom. The molecular weight excluding hydrogens is 279 g/mol. The van der Waals surface area contributed by atoms with E-state index in [2.05, 4.69) is 22.7 Å². The summed E-state index contributed by atoms with van der Waals surface area (Å²) in [5, 5.41) is 3.48. The van der Waals surface area contributed by atoms with E-state index < -0.39 is 11.7 Å². The first-order valence-electron chi connectivity index (χ1n) is 6.69. The average Bonchev–Trinajstić information content (AvgIpc) is 2.86. The molecule has 0 aliphatic heterocycles. The summed E-state index contributed by atoms with van der Waals surface area (Å²) in [6.45, 7) is 2.13. The molecule has 1 aliphatic carbocycles. The fourth-order valence-electron chi connectivity index (χ4n) is 2.44. The molecule has 1 aromatic heterocycles. The number of amides is 1. The second kappa shape index (κ2) is 6.90. The summed E-state index contributed by atoms with van der Waals surface area (Å²) >= 11 is 1.91. The summed E-state index contributed by atoms with van der Waals surface area (Å²) in [4.78, 5) is 15.8. The van der Waals surface area contributed by atoms with Crippen molar-refractivity contribution in [2.75, 3.05) is 11.2 Å². The molecule has 0 saturated heterocycles. The Labute approximate surface area is 121 Å². The number of nitrogens with one attached hydrogen (secondary N) is 2. The van der Waals surface area contributed by atoms with Gasteiger partial charge in [-0.15, -0.1) is 0 Å². The first kappa shape index (κ1) is 15.1. The quantitative estimate of drug-likeness (QED) is 0.571. The van der Waals surface area contributed by atoms with E-state index in [0.29, 0.717) is 5.25 Å². The highest BCUT2D eigenvalue weighted by Gasteiger charge is 2.27. The smallest absolute Gasteiger partial charge is 0.254 e. The molecule has 1 saturated carbocycles. The van der Waals surface area contributed by atoms with Crippen LogP contribution in [0.5, 0.6) is 0 Å². The molecule has 1 aromatic rings. The molecule has 2 rings (SSSR count). The standard InChI is InChI=1S/C13H19FN4OS/c1-2-20-9-4-3-8(7-9)17-13(19)10-5-6-16-12(18-15)11(10)14/h5-6,8-9H,2-4,7,15H2,1H3,(H,16,18)(H,17,19). The number of thioether (sulfide) groups is 1. The van der Waals surface area contributed by atoms with Crippen LogP contribution < -0.4 is 16.6 Å². The number of hydrogen-bond donors (Lipinski definition) is 3. The minimum Gasteiger partial charge on any atom is -0.349 e. The lowest BCUT2D eigenvalue weighted by molar-refractivity contribution is 0.0934. The highest BCUT2D eigenvalue weighted by atomic mass is 32.2. The number of halogens is 1. The topological polar surface area (TPSA) is 80.0 Å². The fourth-order valence-corrected chi connectivity index (χ4v) is 3.58. The van der Waals surface area contributed by atoms with Crippen LogP contribution in [-0.2, 0) is 0 Å². The van der Waals surface area contributed by atoms with E-state index >= 15 is 0 Å². The van der Waals surface area contributed by atoms with Crippen LogP contribution in [0.4, 0.5) is 10.2 Å². The van der Waals surface area contributed by atoms with Crippen molar-refractivity contribution in [2.24, 2.45) is 5.84 Å². The lowest BCUT2D eigenvalue weighted by Gasteiger charge is -2.14. The maximum Gasteiger partial charge on any atom is 0.254 e. The number of nitrogens with two attached hydrogens (primary N) is 1. The van der Waals surface area contributed by atoms with Crippen molar-refractivity contribution in [2.45, 2.75) is 37.5 Å². The van der Waals surface area contributed by atoms with Crippen molar-refractivity contribution in [3.05, 3.63) is 23.6 Å². The van der Waals surface area contributed by atoms with Gasteiger partial charge in [0.05, 0.1) is 5.56 Å². The highest BCUT2D eigenvalue weighted by Crippen LogP contribution is 2.30. The SMILES string of the molecule is CCSC1CCC(NC(=O)c2ccnc(NN)c2F)C1. The largest absolute Gasteiger partial charge is 0.349 e. The van der Waals surface area contributed by atoms with Crippen molar-refractivity contribution in [3.8, 4) is 0 Å². The van der Waals surface area contributed by atoms with Gasteiger partial charge in [0.25, 0.3) is 5.91 Å². The van der Waals surface area contributed by atoms with Crippen molar-refractivity contribution in [1.29, 1.82) is 0 Å². The fraction of sp³-hybridized carbons (Fsp3) is 0.538. The van der Waals surface area contributed by atoms with Crippen molar-refractivity contribution < 1.29 is 9.18 Å². The molecule has 110 valence electrons. The van der Waals surface area contributed by atoms with E-state index in [-0.39, 0.29) is 17.4 Å². The van der Waals surface area contributed by atoms with Gasteiger partial charge in [-0.1, -0.05) is 6.92 Å². The van der Waals surface area contributed by atoms with Gasteiger partial charge >= 0.3 is 0 Å². The van der Waals surface area contributed by atoms with Crippen LogP contribution in [0.15, 0.2) is 12.3 Å². The average molecular weight is 298 g/mol. The minimum absolute atomic E-state index is 0.0282. The Morgan fingerprint density at radius 2 is 2.40 bits per heavy atom. The van der Waals surface area contributed by atoms with Crippen LogP contribution in [0, 0.1) is 5.82 Å². The molecule has 20 heavy (non-hydrogen) atoms. The van der Waals surface area contributed by atoms with Gasteiger partial charge in [0.1, 0.15) is 0 Å². The number of hydrazine groups is 1. The van der Waals surface area contributed by atoms with Crippen LogP contribution in [-0.4, -0.2) is 27.9 Å². The Balaban J connectivity index is 1.99. The molecule has 0 radical (unpaired) electrons. The zero-order valence-electron chi connectivity index (χ0n) is 11.4. The monoisotopic (exact) mass is 298 g/mol. The number of pyridine rings is 1. The highest BCUT2D eigenvalue weighted by molar-refractivity contribution is 7.99. The van der Waals surface area contributed by atoms with E-state index in [0.717, 1.165) is 25.0 Å². The maximum atomic E-state index is 13.9. The van der Waals surface area contributed by atoms with E-state index in [4.69, 9.17) is 5.84 Å². The molecule has 2 atom stereocenters. The molecule has 1 heterocycles. The number of aromatic nitrogens is 1. The summed E-state index contributed by atoms with van der Waals surface area (Å²) in [6.07, 6.45) is 4.34. The minimum atomic E-state index is -0.718. The number of carbonyl (C=O) groups is 1. The van der Waals surface area contributed by atoms with Crippen LogP contribution in [0.3, 0.4) is 0 Å². The molecular formula is C13H19FN4OS. The van der Waals surface area contributed by atoms with E-state index in [1.54, 1.807) is 0 Å². The van der Waals surface area contributed by atoms with Gasteiger partial charge in [0, 0.05) is 17.5 Å². The lowest BCUT2D eigenvalue weighted by atomic mass is 10.2. The number of carbonyl (C=O) groups excluding carboxylic acids is 1. The number of rotatable bonds is 5. The van der Waals surface area contributed by atoms with Crippen LogP contribution in [0.25, 0.3) is 0 Å². The molecule has 1 fully saturated rings. The van der Waals surface area contributed by atoms with Gasteiger partial charge in [-0.3, -0.25) is 4.79 Å². The van der Waals surface area contributed by atoms with Crippen LogP contribution >= 0.6 is 11.8 Å². The molecule has 7 heteroatoms. The van der Waals surface area contributed by atoms with Gasteiger partial charge < -0.3 is 10.7 Å². The second-order valence-electron chi connectivity index (χ2n) is 4.73. The van der Waals surface area contributed by atoms with E-state index in [1.807, 2.05) is 11.8 Å². The van der Waals surface area contributed by atoms with Crippen molar-refractivity contribution in [1.82, 2.24) is 10.3 Å². The summed E-state index contributed by atoms with van der Waals surface area (Å²) in [5.41, 5.74) is 2.11. The number of nitrogen functional groups attached to an aromatic ring is 1.